The molecule has 3 nitrogen and oxygen atoms in total. The fourth-order valence-electron chi connectivity index (χ4n) is 3.21. The van der Waals surface area contributed by atoms with Gasteiger partial charge < -0.3 is 15.0 Å². The Morgan fingerprint density at radius 3 is 2.77 bits per heavy atom. The van der Waals surface area contributed by atoms with Gasteiger partial charge in [0.1, 0.15) is 5.75 Å². The summed E-state index contributed by atoms with van der Waals surface area (Å²) in [5, 5.41) is 3.35. The summed E-state index contributed by atoms with van der Waals surface area (Å²) in [6.45, 7) is 8.16. The fourth-order valence-corrected chi connectivity index (χ4v) is 3.21. The maximum atomic E-state index is 5.91. The van der Waals surface area contributed by atoms with E-state index in [1.165, 1.54) is 43.4 Å². The van der Waals surface area contributed by atoms with Gasteiger partial charge in [-0.3, -0.25) is 0 Å². The van der Waals surface area contributed by atoms with Crippen molar-refractivity contribution >= 4 is 5.69 Å². The van der Waals surface area contributed by atoms with E-state index in [4.69, 9.17) is 4.74 Å². The monoisotopic (exact) mass is 302 g/mol. The third-order valence-electron chi connectivity index (χ3n) is 4.44. The average Bonchev–Trinajstić information content (AvgIpc) is 2.56. The first kappa shape index (κ1) is 16.9. The maximum Gasteiger partial charge on any atom is 0.142 e. The molecule has 122 valence electrons. The SMILES string of the molecule is C=CCNCc1ccc(N(C)C2CCCCC2)c(OCC)c1. The van der Waals surface area contributed by atoms with Gasteiger partial charge >= 0.3 is 0 Å². The highest BCUT2D eigenvalue weighted by atomic mass is 16.5. The van der Waals surface area contributed by atoms with Crippen LogP contribution in [0.3, 0.4) is 0 Å². The molecular formula is C19H30N2O. The van der Waals surface area contributed by atoms with Gasteiger partial charge in [-0.25, -0.2) is 0 Å². The Morgan fingerprint density at radius 2 is 2.09 bits per heavy atom. The third-order valence-corrected chi connectivity index (χ3v) is 4.44. The van der Waals surface area contributed by atoms with Crippen molar-refractivity contribution in [2.75, 3.05) is 25.1 Å². The van der Waals surface area contributed by atoms with E-state index < -0.39 is 0 Å². The summed E-state index contributed by atoms with van der Waals surface area (Å²) in [6.07, 6.45) is 8.56. The van der Waals surface area contributed by atoms with Gasteiger partial charge in [-0.2, -0.15) is 0 Å². The van der Waals surface area contributed by atoms with E-state index in [2.05, 4.69) is 42.0 Å². The lowest BCUT2D eigenvalue weighted by Crippen LogP contribution is -2.33. The Kier molecular flexibility index (Phi) is 6.78. The third kappa shape index (κ3) is 4.51. The predicted octanol–water partition coefficient (Wildman–Crippen LogP) is 4.13. The molecule has 1 aromatic carbocycles. The molecule has 0 aliphatic heterocycles. The molecule has 0 unspecified atom stereocenters. The van der Waals surface area contributed by atoms with E-state index in [9.17, 15) is 0 Å². The number of nitrogens with zero attached hydrogens (tertiary/aromatic N) is 1. The zero-order valence-corrected chi connectivity index (χ0v) is 14.1. The van der Waals surface area contributed by atoms with Gasteiger partial charge in [0, 0.05) is 26.2 Å². The molecule has 0 radical (unpaired) electrons. The van der Waals surface area contributed by atoms with Crippen molar-refractivity contribution in [3.8, 4) is 5.75 Å². The molecule has 1 aliphatic carbocycles. The summed E-state index contributed by atoms with van der Waals surface area (Å²) in [6, 6.07) is 7.24. The number of nitrogens with one attached hydrogen (secondary N) is 1. The molecule has 0 bridgehead atoms. The number of hydrogen-bond donors (Lipinski definition) is 1. The molecule has 22 heavy (non-hydrogen) atoms. The van der Waals surface area contributed by atoms with Crippen LogP contribution in [0.15, 0.2) is 30.9 Å². The highest BCUT2D eigenvalue weighted by molar-refractivity contribution is 5.60. The van der Waals surface area contributed by atoms with Crippen LogP contribution >= 0.6 is 0 Å². The molecule has 0 saturated heterocycles. The lowest BCUT2D eigenvalue weighted by atomic mass is 9.94. The molecule has 1 aliphatic rings. The van der Waals surface area contributed by atoms with Crippen LogP contribution in [0.1, 0.15) is 44.6 Å². The van der Waals surface area contributed by atoms with Crippen LogP contribution in [0.5, 0.6) is 5.75 Å². The Hall–Kier alpha value is -1.48. The fraction of sp³-hybridized carbons (Fsp3) is 0.579. The normalized spacial score (nSPS) is 15.5. The van der Waals surface area contributed by atoms with E-state index in [0.717, 1.165) is 18.8 Å². The van der Waals surface area contributed by atoms with Crippen molar-refractivity contribution in [2.45, 2.75) is 51.6 Å². The summed E-state index contributed by atoms with van der Waals surface area (Å²) in [5.41, 5.74) is 2.48. The van der Waals surface area contributed by atoms with Crippen LogP contribution in [0.4, 0.5) is 5.69 Å². The minimum Gasteiger partial charge on any atom is -0.492 e. The minimum absolute atomic E-state index is 0.651. The highest BCUT2D eigenvalue weighted by Crippen LogP contribution is 2.33. The molecule has 0 aromatic heterocycles. The van der Waals surface area contributed by atoms with Gasteiger partial charge in [0.2, 0.25) is 0 Å². The van der Waals surface area contributed by atoms with Crippen LogP contribution in [0.2, 0.25) is 0 Å². The van der Waals surface area contributed by atoms with E-state index >= 15 is 0 Å². The Labute approximate surface area is 135 Å². The van der Waals surface area contributed by atoms with Gasteiger partial charge in [0.25, 0.3) is 0 Å². The smallest absolute Gasteiger partial charge is 0.142 e. The first-order valence-electron chi connectivity index (χ1n) is 8.56. The first-order chi connectivity index (χ1) is 10.8. The van der Waals surface area contributed by atoms with Crippen molar-refractivity contribution in [1.82, 2.24) is 5.32 Å². The van der Waals surface area contributed by atoms with Gasteiger partial charge in [0.05, 0.1) is 12.3 Å². The van der Waals surface area contributed by atoms with Crippen molar-refractivity contribution in [2.24, 2.45) is 0 Å². The zero-order valence-electron chi connectivity index (χ0n) is 14.1. The van der Waals surface area contributed by atoms with Crippen molar-refractivity contribution in [3.63, 3.8) is 0 Å². The topological polar surface area (TPSA) is 24.5 Å². The molecule has 1 aromatic rings. The maximum absolute atomic E-state index is 5.91. The van der Waals surface area contributed by atoms with E-state index in [-0.39, 0.29) is 0 Å². The number of rotatable bonds is 8. The summed E-state index contributed by atoms with van der Waals surface area (Å²) >= 11 is 0. The second kappa shape index (κ2) is 8.84. The molecule has 0 spiro atoms. The molecule has 1 fully saturated rings. The van der Waals surface area contributed by atoms with Crippen LogP contribution in [0, 0.1) is 0 Å². The summed E-state index contributed by atoms with van der Waals surface area (Å²) in [4.78, 5) is 2.42. The quantitative estimate of drug-likeness (QED) is 0.577. The van der Waals surface area contributed by atoms with Crippen LogP contribution in [0.25, 0.3) is 0 Å². The highest BCUT2D eigenvalue weighted by Gasteiger charge is 2.20. The van der Waals surface area contributed by atoms with Gasteiger partial charge in [-0.15, -0.1) is 6.58 Å². The van der Waals surface area contributed by atoms with Crippen molar-refractivity contribution in [1.29, 1.82) is 0 Å². The second-order valence-electron chi connectivity index (χ2n) is 6.06. The van der Waals surface area contributed by atoms with E-state index in [0.29, 0.717) is 12.6 Å². The Balaban J connectivity index is 2.12. The zero-order chi connectivity index (χ0) is 15.8. The van der Waals surface area contributed by atoms with Gasteiger partial charge in [-0.05, 0) is 37.5 Å². The van der Waals surface area contributed by atoms with Crippen LogP contribution in [-0.4, -0.2) is 26.2 Å². The Morgan fingerprint density at radius 1 is 1.32 bits per heavy atom. The summed E-state index contributed by atoms with van der Waals surface area (Å²) in [5.74, 6) is 1.01. The standard InChI is InChI=1S/C19H30N2O/c1-4-13-20-15-16-11-12-18(19(14-16)22-5-2)21(3)17-9-7-6-8-10-17/h4,11-12,14,17,20H,1,5-10,13,15H2,2-3H3. The molecule has 3 heteroatoms. The summed E-state index contributed by atoms with van der Waals surface area (Å²) in [7, 11) is 2.21. The molecule has 2 rings (SSSR count). The molecule has 0 heterocycles. The lowest BCUT2D eigenvalue weighted by molar-refractivity contribution is 0.337. The molecule has 1 saturated carbocycles. The van der Waals surface area contributed by atoms with Crippen LogP contribution in [-0.2, 0) is 6.54 Å². The molecule has 0 atom stereocenters. The van der Waals surface area contributed by atoms with Gasteiger partial charge in [-0.1, -0.05) is 31.4 Å². The van der Waals surface area contributed by atoms with E-state index in [1.807, 2.05) is 13.0 Å². The minimum atomic E-state index is 0.651. The van der Waals surface area contributed by atoms with Gasteiger partial charge in [0.15, 0.2) is 0 Å². The molecule has 1 N–H and O–H groups in total. The Bertz CT molecular complexity index is 467. The molecule has 0 amide bonds. The first-order valence-corrected chi connectivity index (χ1v) is 8.56. The lowest BCUT2D eigenvalue weighted by Gasteiger charge is -2.34. The summed E-state index contributed by atoms with van der Waals surface area (Å²) < 4.78 is 5.91. The van der Waals surface area contributed by atoms with Crippen LogP contribution < -0.4 is 15.0 Å². The number of anilines is 1. The number of ether oxygens (including phenoxy) is 1. The number of hydrogen-bond acceptors (Lipinski definition) is 3. The van der Waals surface area contributed by atoms with Crippen molar-refractivity contribution in [3.05, 3.63) is 36.4 Å². The predicted molar refractivity (Wildman–Crippen MR) is 94.8 cm³/mol. The van der Waals surface area contributed by atoms with Crippen molar-refractivity contribution < 1.29 is 4.74 Å². The average molecular weight is 302 g/mol. The largest absolute Gasteiger partial charge is 0.492 e. The molecular weight excluding hydrogens is 272 g/mol. The van der Waals surface area contributed by atoms with E-state index in [1.54, 1.807) is 0 Å². The second-order valence-corrected chi connectivity index (χ2v) is 6.06. The number of benzene rings is 1.